The molecule has 0 amide bonds. The molecular formula is C13H14FNO3S2. The maximum absolute atomic E-state index is 13.6. The first-order chi connectivity index (χ1) is 9.42. The maximum atomic E-state index is 13.6. The number of anilines is 1. The largest absolute Gasteiger partial charge is 0.396 e. The summed E-state index contributed by atoms with van der Waals surface area (Å²) >= 11 is 1.06. The topological polar surface area (TPSA) is 66.4 Å². The second kappa shape index (κ2) is 5.90. The summed E-state index contributed by atoms with van der Waals surface area (Å²) < 4.78 is 40.2. The van der Waals surface area contributed by atoms with Gasteiger partial charge in [-0.15, -0.1) is 11.3 Å². The van der Waals surface area contributed by atoms with Gasteiger partial charge in [0.2, 0.25) is 0 Å². The Balaban J connectivity index is 2.28. The van der Waals surface area contributed by atoms with Crippen molar-refractivity contribution in [3.05, 3.63) is 46.6 Å². The van der Waals surface area contributed by atoms with Gasteiger partial charge >= 0.3 is 0 Å². The average Bonchev–Trinajstić information content (AvgIpc) is 2.83. The highest BCUT2D eigenvalue weighted by Crippen LogP contribution is 2.25. The van der Waals surface area contributed by atoms with Crippen molar-refractivity contribution in [2.45, 2.75) is 17.6 Å². The molecule has 0 spiro atoms. The van der Waals surface area contributed by atoms with Gasteiger partial charge in [-0.3, -0.25) is 4.72 Å². The smallest absolute Gasteiger partial charge is 0.271 e. The van der Waals surface area contributed by atoms with Crippen LogP contribution in [-0.2, 0) is 16.4 Å². The fourth-order valence-electron chi connectivity index (χ4n) is 1.66. The number of aliphatic hydroxyl groups is 1. The number of rotatable bonds is 5. The van der Waals surface area contributed by atoms with Crippen LogP contribution < -0.4 is 4.72 Å². The van der Waals surface area contributed by atoms with Crippen LogP contribution in [0.5, 0.6) is 0 Å². The van der Waals surface area contributed by atoms with E-state index in [1.807, 2.05) is 0 Å². The van der Waals surface area contributed by atoms with Gasteiger partial charge in [0.15, 0.2) is 0 Å². The minimum atomic E-state index is -3.80. The van der Waals surface area contributed by atoms with Crippen molar-refractivity contribution in [1.29, 1.82) is 0 Å². The predicted octanol–water partition coefficient (Wildman–Crippen LogP) is 2.53. The van der Waals surface area contributed by atoms with E-state index in [2.05, 4.69) is 4.72 Å². The quantitative estimate of drug-likeness (QED) is 0.891. The summed E-state index contributed by atoms with van der Waals surface area (Å²) in [5.41, 5.74) is 0.693. The maximum Gasteiger partial charge on any atom is 0.271 e. The molecule has 0 unspecified atom stereocenters. The molecule has 0 bridgehead atoms. The first-order valence-electron chi connectivity index (χ1n) is 5.91. The van der Waals surface area contributed by atoms with Gasteiger partial charge in [-0.25, -0.2) is 12.8 Å². The van der Waals surface area contributed by atoms with Crippen molar-refractivity contribution in [2.24, 2.45) is 0 Å². The van der Waals surface area contributed by atoms with Gasteiger partial charge in [0, 0.05) is 17.9 Å². The van der Waals surface area contributed by atoms with E-state index in [0.29, 0.717) is 6.42 Å². The van der Waals surface area contributed by atoms with Gasteiger partial charge in [-0.05, 0) is 36.8 Å². The first kappa shape index (κ1) is 15.0. The van der Waals surface area contributed by atoms with Crippen molar-refractivity contribution in [1.82, 2.24) is 0 Å². The van der Waals surface area contributed by atoms with Crippen LogP contribution >= 0.6 is 11.3 Å². The molecule has 7 heteroatoms. The van der Waals surface area contributed by atoms with Crippen LogP contribution in [0.3, 0.4) is 0 Å². The molecule has 108 valence electrons. The van der Waals surface area contributed by atoms with Crippen LogP contribution in [0.4, 0.5) is 10.1 Å². The number of aliphatic hydroxyl groups excluding tert-OH is 1. The zero-order chi connectivity index (χ0) is 14.8. The van der Waals surface area contributed by atoms with Crippen LogP contribution in [0, 0.1) is 12.7 Å². The molecule has 0 aliphatic heterocycles. The van der Waals surface area contributed by atoms with Crippen LogP contribution in [0.1, 0.15) is 10.4 Å². The summed E-state index contributed by atoms with van der Waals surface area (Å²) in [5.74, 6) is -0.619. The summed E-state index contributed by atoms with van der Waals surface area (Å²) in [6.07, 6.45) is 0.402. The lowest BCUT2D eigenvalue weighted by atomic mass is 10.2. The molecular weight excluding hydrogens is 301 g/mol. The van der Waals surface area contributed by atoms with E-state index in [1.165, 1.54) is 18.2 Å². The number of hydrogen-bond acceptors (Lipinski definition) is 4. The number of benzene rings is 1. The molecule has 1 aromatic heterocycles. The third-order valence-corrected chi connectivity index (χ3v) is 5.63. The lowest BCUT2D eigenvalue weighted by Crippen LogP contribution is -2.12. The van der Waals surface area contributed by atoms with Crippen molar-refractivity contribution in [2.75, 3.05) is 11.3 Å². The Morgan fingerprint density at radius 1 is 1.30 bits per heavy atom. The second-order valence-electron chi connectivity index (χ2n) is 4.28. The Hall–Kier alpha value is -1.44. The van der Waals surface area contributed by atoms with E-state index in [-0.39, 0.29) is 16.5 Å². The molecule has 0 aliphatic rings. The van der Waals surface area contributed by atoms with Crippen LogP contribution in [-0.4, -0.2) is 20.1 Å². The van der Waals surface area contributed by atoms with Gasteiger partial charge in [-0.2, -0.15) is 0 Å². The molecule has 0 atom stereocenters. The fourth-order valence-corrected chi connectivity index (χ4v) is 4.06. The van der Waals surface area contributed by atoms with Crippen molar-refractivity contribution in [3.63, 3.8) is 0 Å². The highest BCUT2D eigenvalue weighted by atomic mass is 32.2. The van der Waals surface area contributed by atoms with Crippen LogP contribution in [0.25, 0.3) is 0 Å². The Morgan fingerprint density at radius 3 is 2.75 bits per heavy atom. The number of hydrogen-bond donors (Lipinski definition) is 2. The van der Waals surface area contributed by atoms with E-state index >= 15 is 0 Å². The Kier molecular flexibility index (Phi) is 4.42. The third kappa shape index (κ3) is 3.36. The number of thiophene rings is 1. The summed E-state index contributed by atoms with van der Waals surface area (Å²) in [4.78, 5) is 0.762. The molecule has 0 radical (unpaired) electrons. The summed E-state index contributed by atoms with van der Waals surface area (Å²) in [6, 6.07) is 7.32. The molecule has 0 saturated carbocycles. The monoisotopic (exact) mass is 315 g/mol. The van der Waals surface area contributed by atoms with Gasteiger partial charge in [0.1, 0.15) is 10.0 Å². The van der Waals surface area contributed by atoms with E-state index in [0.717, 1.165) is 21.8 Å². The molecule has 1 aromatic carbocycles. The minimum absolute atomic E-state index is 0.0417. The number of aryl methyl sites for hydroxylation is 1. The Bertz CT molecular complexity index is 710. The lowest BCUT2D eigenvalue weighted by molar-refractivity contribution is 0.300. The molecule has 2 aromatic rings. The normalized spacial score (nSPS) is 11.6. The van der Waals surface area contributed by atoms with Gasteiger partial charge < -0.3 is 5.11 Å². The van der Waals surface area contributed by atoms with Gasteiger partial charge in [-0.1, -0.05) is 6.07 Å². The average molecular weight is 315 g/mol. The van der Waals surface area contributed by atoms with Crippen LogP contribution in [0.2, 0.25) is 0 Å². The van der Waals surface area contributed by atoms with Crippen molar-refractivity contribution < 1.29 is 17.9 Å². The second-order valence-corrected chi connectivity index (χ2v) is 7.36. The summed E-state index contributed by atoms with van der Waals surface area (Å²) in [5, 5.41) is 8.83. The van der Waals surface area contributed by atoms with Gasteiger partial charge in [0.25, 0.3) is 10.0 Å². The molecule has 0 fully saturated rings. The zero-order valence-corrected chi connectivity index (χ0v) is 12.4. The van der Waals surface area contributed by atoms with E-state index in [9.17, 15) is 12.8 Å². The van der Waals surface area contributed by atoms with Crippen molar-refractivity contribution in [3.8, 4) is 0 Å². The SMILES string of the molecule is Cc1ccc(F)c(NS(=O)(=O)c2ccc(CCO)s2)c1. The Morgan fingerprint density at radius 2 is 2.05 bits per heavy atom. The molecule has 1 heterocycles. The summed E-state index contributed by atoms with van der Waals surface area (Å²) in [6.45, 7) is 1.71. The minimum Gasteiger partial charge on any atom is -0.396 e. The van der Waals surface area contributed by atoms with Crippen LogP contribution in [0.15, 0.2) is 34.5 Å². The molecule has 0 aliphatic carbocycles. The van der Waals surface area contributed by atoms with E-state index in [4.69, 9.17) is 5.11 Å². The number of nitrogens with one attached hydrogen (secondary N) is 1. The highest BCUT2D eigenvalue weighted by molar-refractivity contribution is 7.94. The van der Waals surface area contributed by atoms with Gasteiger partial charge in [0.05, 0.1) is 5.69 Å². The molecule has 2 rings (SSSR count). The van der Waals surface area contributed by atoms with Crippen molar-refractivity contribution >= 4 is 27.0 Å². The lowest BCUT2D eigenvalue weighted by Gasteiger charge is -2.08. The predicted molar refractivity (Wildman–Crippen MR) is 77.1 cm³/mol. The van der Waals surface area contributed by atoms with E-state index in [1.54, 1.807) is 19.1 Å². The highest BCUT2D eigenvalue weighted by Gasteiger charge is 2.18. The Labute approximate surface area is 120 Å². The third-order valence-electron chi connectivity index (χ3n) is 2.63. The molecule has 20 heavy (non-hydrogen) atoms. The van der Waals surface area contributed by atoms with E-state index < -0.39 is 15.8 Å². The molecule has 4 nitrogen and oxygen atoms in total. The standard InChI is InChI=1S/C13H14FNO3S2/c1-9-2-4-11(14)12(8-9)15-20(17,18)13-5-3-10(19-13)6-7-16/h2-5,8,15-16H,6-7H2,1H3. The first-order valence-corrected chi connectivity index (χ1v) is 8.21. The zero-order valence-electron chi connectivity index (χ0n) is 10.8. The fraction of sp³-hybridized carbons (Fsp3) is 0.231. The molecule has 2 N–H and O–H groups in total. The molecule has 0 saturated heterocycles. The number of sulfonamides is 1. The number of halogens is 1. The summed E-state index contributed by atoms with van der Waals surface area (Å²) in [7, 11) is -3.80.